The summed E-state index contributed by atoms with van der Waals surface area (Å²) in [5.74, 6) is 0. The third-order valence-electron chi connectivity index (χ3n) is 1.75. The molecule has 14 heavy (non-hydrogen) atoms. The lowest BCUT2D eigenvalue weighted by atomic mass is 10.2. The summed E-state index contributed by atoms with van der Waals surface area (Å²) < 4.78 is 5.88. The van der Waals surface area contributed by atoms with Gasteiger partial charge in [-0.1, -0.05) is 11.6 Å². The summed E-state index contributed by atoms with van der Waals surface area (Å²) in [5.41, 5.74) is 0.942. The lowest BCUT2D eigenvalue weighted by Gasteiger charge is -2.01. The zero-order valence-electron chi connectivity index (χ0n) is 6.84. The second-order valence-corrected chi connectivity index (χ2v) is 5.93. The van der Waals surface area contributed by atoms with Gasteiger partial charge in [-0.25, -0.2) is 0 Å². The molecule has 2 rings (SSSR count). The molecule has 2 heterocycles. The Hall–Kier alpha value is 0.0400. The Bertz CT molecular complexity index is 404. The van der Waals surface area contributed by atoms with Crippen LogP contribution >= 0.6 is 50.5 Å². The molecule has 1 unspecified atom stereocenters. The average Bonchev–Trinajstić information content (AvgIpc) is 2.76. The van der Waals surface area contributed by atoms with Gasteiger partial charge in [-0.15, -0.1) is 22.9 Å². The van der Waals surface area contributed by atoms with Crippen molar-refractivity contribution in [3.8, 4) is 0 Å². The molecule has 0 aliphatic heterocycles. The Labute approximate surface area is 104 Å². The smallest absolute Gasteiger partial charge is 0.0959 e. The molecule has 74 valence electrons. The molecule has 2 aromatic rings. The van der Waals surface area contributed by atoms with Crippen molar-refractivity contribution in [1.29, 1.82) is 0 Å². The molecular weight excluding hydrogens is 307 g/mol. The van der Waals surface area contributed by atoms with Crippen LogP contribution in [0.25, 0.3) is 0 Å². The molecule has 0 saturated carbocycles. The Morgan fingerprint density at radius 1 is 1.50 bits per heavy atom. The van der Waals surface area contributed by atoms with Crippen molar-refractivity contribution < 1.29 is 4.42 Å². The zero-order valence-corrected chi connectivity index (χ0v) is 10.8. The minimum atomic E-state index is -0.192. The van der Waals surface area contributed by atoms with Gasteiger partial charge < -0.3 is 4.42 Å². The van der Waals surface area contributed by atoms with E-state index in [1.54, 1.807) is 12.5 Å². The van der Waals surface area contributed by atoms with Crippen LogP contribution in [0.2, 0.25) is 5.02 Å². The predicted molar refractivity (Wildman–Crippen MR) is 63.4 cm³/mol. The standard InChI is InChI=1S/C9H5BrCl2OS/c10-9-6(11)3-7(14-9)8(12)5-1-2-13-4-5/h1-4,8H. The van der Waals surface area contributed by atoms with Crippen LogP contribution in [0.5, 0.6) is 0 Å². The molecular formula is C9H5BrCl2OS. The average molecular weight is 312 g/mol. The maximum Gasteiger partial charge on any atom is 0.0959 e. The van der Waals surface area contributed by atoms with Gasteiger partial charge in [0.15, 0.2) is 0 Å². The maximum absolute atomic E-state index is 6.23. The van der Waals surface area contributed by atoms with Crippen molar-refractivity contribution in [2.75, 3.05) is 0 Å². The van der Waals surface area contributed by atoms with Crippen LogP contribution in [0, 0.1) is 0 Å². The number of hydrogen-bond donors (Lipinski definition) is 0. The minimum Gasteiger partial charge on any atom is -0.472 e. The maximum atomic E-state index is 6.23. The normalized spacial score (nSPS) is 13.1. The Balaban J connectivity index is 2.32. The van der Waals surface area contributed by atoms with Gasteiger partial charge in [-0.3, -0.25) is 0 Å². The quantitative estimate of drug-likeness (QED) is 0.704. The molecule has 0 aliphatic carbocycles. The number of hydrogen-bond acceptors (Lipinski definition) is 2. The van der Waals surface area contributed by atoms with Gasteiger partial charge in [-0.05, 0) is 28.1 Å². The second-order valence-electron chi connectivity index (χ2n) is 2.69. The largest absolute Gasteiger partial charge is 0.472 e. The molecule has 1 nitrogen and oxygen atoms in total. The molecule has 0 bridgehead atoms. The van der Waals surface area contributed by atoms with E-state index in [0.717, 1.165) is 14.2 Å². The lowest BCUT2D eigenvalue weighted by Crippen LogP contribution is -1.85. The fourth-order valence-corrected chi connectivity index (χ4v) is 3.15. The summed E-state index contributed by atoms with van der Waals surface area (Å²) in [7, 11) is 0. The zero-order chi connectivity index (χ0) is 10.1. The Morgan fingerprint density at radius 2 is 2.29 bits per heavy atom. The summed E-state index contributed by atoms with van der Waals surface area (Å²) >= 11 is 17.0. The highest BCUT2D eigenvalue weighted by atomic mass is 79.9. The number of rotatable bonds is 2. The van der Waals surface area contributed by atoms with Gasteiger partial charge in [0.25, 0.3) is 0 Å². The van der Waals surface area contributed by atoms with Crippen molar-refractivity contribution in [2.24, 2.45) is 0 Å². The molecule has 0 spiro atoms. The Morgan fingerprint density at radius 3 is 2.79 bits per heavy atom. The van der Waals surface area contributed by atoms with Crippen LogP contribution in [0.4, 0.5) is 0 Å². The number of thiophene rings is 1. The molecule has 0 aromatic carbocycles. The van der Waals surface area contributed by atoms with E-state index in [2.05, 4.69) is 15.9 Å². The van der Waals surface area contributed by atoms with E-state index in [0.29, 0.717) is 5.02 Å². The van der Waals surface area contributed by atoms with Gasteiger partial charge in [0.1, 0.15) is 0 Å². The monoisotopic (exact) mass is 310 g/mol. The highest BCUT2D eigenvalue weighted by Gasteiger charge is 2.16. The number of alkyl halides is 1. The first-order valence-electron chi connectivity index (χ1n) is 3.79. The van der Waals surface area contributed by atoms with Gasteiger partial charge in [-0.2, -0.15) is 0 Å². The molecule has 1 atom stereocenters. The van der Waals surface area contributed by atoms with Crippen molar-refractivity contribution in [2.45, 2.75) is 5.38 Å². The molecule has 0 fully saturated rings. The van der Waals surface area contributed by atoms with E-state index in [4.69, 9.17) is 27.6 Å². The third kappa shape index (κ3) is 2.01. The predicted octanol–water partition coefficient (Wildman–Crippen LogP) is 5.09. The van der Waals surface area contributed by atoms with Crippen LogP contribution in [-0.2, 0) is 0 Å². The molecule has 5 heteroatoms. The van der Waals surface area contributed by atoms with Gasteiger partial charge >= 0.3 is 0 Å². The molecule has 0 amide bonds. The fourth-order valence-electron chi connectivity index (χ4n) is 1.07. The van der Waals surface area contributed by atoms with Crippen molar-refractivity contribution in [1.82, 2.24) is 0 Å². The van der Waals surface area contributed by atoms with Crippen LogP contribution < -0.4 is 0 Å². The van der Waals surface area contributed by atoms with Crippen molar-refractivity contribution in [3.05, 3.63) is 43.9 Å². The van der Waals surface area contributed by atoms with Crippen LogP contribution in [0.1, 0.15) is 15.8 Å². The number of halogens is 3. The first kappa shape index (κ1) is 10.6. The molecule has 0 aliphatic rings. The van der Waals surface area contributed by atoms with E-state index < -0.39 is 0 Å². The van der Waals surface area contributed by atoms with Gasteiger partial charge in [0, 0.05) is 10.4 Å². The van der Waals surface area contributed by atoms with Crippen molar-refractivity contribution >= 4 is 50.5 Å². The third-order valence-corrected chi connectivity index (χ3v) is 4.91. The SMILES string of the molecule is Clc1cc(C(Cl)c2ccoc2)sc1Br. The summed E-state index contributed by atoms with van der Waals surface area (Å²) in [5, 5.41) is 0.502. The molecule has 0 saturated heterocycles. The summed E-state index contributed by atoms with van der Waals surface area (Å²) in [6.45, 7) is 0. The number of furan rings is 1. The Kier molecular flexibility index (Phi) is 3.22. The topological polar surface area (TPSA) is 13.1 Å². The second kappa shape index (κ2) is 4.27. The molecule has 2 aromatic heterocycles. The highest BCUT2D eigenvalue weighted by Crippen LogP contribution is 2.40. The first-order valence-corrected chi connectivity index (χ1v) is 6.22. The lowest BCUT2D eigenvalue weighted by molar-refractivity contribution is 0.564. The van der Waals surface area contributed by atoms with Crippen LogP contribution in [0.15, 0.2) is 32.9 Å². The summed E-state index contributed by atoms with van der Waals surface area (Å²) in [6.07, 6.45) is 3.24. The molecule has 0 radical (unpaired) electrons. The van der Waals surface area contributed by atoms with E-state index >= 15 is 0 Å². The van der Waals surface area contributed by atoms with E-state index in [1.807, 2.05) is 12.1 Å². The van der Waals surface area contributed by atoms with Crippen LogP contribution in [0.3, 0.4) is 0 Å². The highest BCUT2D eigenvalue weighted by molar-refractivity contribution is 9.11. The van der Waals surface area contributed by atoms with E-state index in [1.165, 1.54) is 11.3 Å². The fraction of sp³-hybridized carbons (Fsp3) is 0.111. The first-order chi connectivity index (χ1) is 6.68. The van der Waals surface area contributed by atoms with Gasteiger partial charge in [0.2, 0.25) is 0 Å². The molecule has 0 N–H and O–H groups in total. The minimum absolute atomic E-state index is 0.192. The summed E-state index contributed by atoms with van der Waals surface area (Å²) in [4.78, 5) is 1.00. The van der Waals surface area contributed by atoms with Gasteiger partial charge in [0.05, 0.1) is 26.7 Å². The summed E-state index contributed by atoms with van der Waals surface area (Å²) in [6, 6.07) is 3.71. The van der Waals surface area contributed by atoms with E-state index in [-0.39, 0.29) is 5.38 Å². The van der Waals surface area contributed by atoms with Crippen molar-refractivity contribution in [3.63, 3.8) is 0 Å². The van der Waals surface area contributed by atoms with E-state index in [9.17, 15) is 0 Å². The van der Waals surface area contributed by atoms with Crippen LogP contribution in [-0.4, -0.2) is 0 Å².